The molecule has 0 aromatic heterocycles. The molecule has 3 heteroatoms. The third kappa shape index (κ3) is 3.50. The Morgan fingerprint density at radius 2 is 1.89 bits per heavy atom. The molecule has 1 aromatic rings. The molecular weight excluding hydrogens is 258 g/mol. The standard InChI is InChI=1S/C16H22ClNO/c1-16(2,3)13-8-6-12(7-9-13)15(19)18-10-4-5-14(17)11-18/h6-9,14H,4-5,10-11H2,1-3H3. The number of alkyl halides is 1. The Kier molecular flexibility index (Phi) is 4.19. The lowest BCUT2D eigenvalue weighted by molar-refractivity contribution is 0.0727. The molecule has 0 radical (unpaired) electrons. The monoisotopic (exact) mass is 279 g/mol. The van der Waals surface area contributed by atoms with Gasteiger partial charge in [-0.05, 0) is 36.0 Å². The van der Waals surface area contributed by atoms with Gasteiger partial charge in [-0.15, -0.1) is 11.6 Å². The van der Waals surface area contributed by atoms with Crippen molar-refractivity contribution in [1.82, 2.24) is 4.90 Å². The van der Waals surface area contributed by atoms with Gasteiger partial charge in [0, 0.05) is 18.7 Å². The molecule has 1 aliphatic heterocycles. The van der Waals surface area contributed by atoms with Crippen molar-refractivity contribution in [3.8, 4) is 0 Å². The minimum absolute atomic E-state index is 0.103. The Hall–Kier alpha value is -1.02. The van der Waals surface area contributed by atoms with Gasteiger partial charge in [0.1, 0.15) is 0 Å². The summed E-state index contributed by atoms with van der Waals surface area (Å²) in [6.07, 6.45) is 2.01. The van der Waals surface area contributed by atoms with Crippen LogP contribution in [0.15, 0.2) is 24.3 Å². The van der Waals surface area contributed by atoms with Crippen molar-refractivity contribution in [3.63, 3.8) is 0 Å². The van der Waals surface area contributed by atoms with Gasteiger partial charge < -0.3 is 4.90 Å². The van der Waals surface area contributed by atoms with E-state index in [0.29, 0.717) is 6.54 Å². The van der Waals surface area contributed by atoms with E-state index in [-0.39, 0.29) is 16.7 Å². The van der Waals surface area contributed by atoms with Crippen LogP contribution in [0, 0.1) is 0 Å². The summed E-state index contributed by atoms with van der Waals surface area (Å²) in [5.74, 6) is 0.103. The lowest BCUT2D eigenvalue weighted by atomic mass is 9.86. The van der Waals surface area contributed by atoms with E-state index in [1.165, 1.54) is 5.56 Å². The van der Waals surface area contributed by atoms with Crippen LogP contribution < -0.4 is 0 Å². The van der Waals surface area contributed by atoms with Gasteiger partial charge in [-0.25, -0.2) is 0 Å². The fourth-order valence-corrected chi connectivity index (χ4v) is 2.73. The predicted molar refractivity (Wildman–Crippen MR) is 79.9 cm³/mol. The third-order valence-corrected chi connectivity index (χ3v) is 4.01. The van der Waals surface area contributed by atoms with Crippen LogP contribution in [-0.4, -0.2) is 29.3 Å². The molecule has 0 saturated carbocycles. The Bertz CT molecular complexity index is 447. The number of halogens is 1. The van der Waals surface area contributed by atoms with E-state index in [2.05, 4.69) is 32.9 Å². The van der Waals surface area contributed by atoms with Gasteiger partial charge in [0.15, 0.2) is 0 Å². The molecule has 1 saturated heterocycles. The summed E-state index contributed by atoms with van der Waals surface area (Å²) in [4.78, 5) is 14.2. The van der Waals surface area contributed by atoms with Crippen LogP contribution in [0.25, 0.3) is 0 Å². The van der Waals surface area contributed by atoms with E-state index >= 15 is 0 Å². The van der Waals surface area contributed by atoms with Gasteiger partial charge in [-0.3, -0.25) is 4.79 Å². The van der Waals surface area contributed by atoms with E-state index in [1.807, 2.05) is 17.0 Å². The molecule has 1 atom stereocenters. The highest BCUT2D eigenvalue weighted by Crippen LogP contribution is 2.23. The van der Waals surface area contributed by atoms with E-state index in [0.717, 1.165) is 24.9 Å². The first kappa shape index (κ1) is 14.4. The molecule has 2 nitrogen and oxygen atoms in total. The van der Waals surface area contributed by atoms with Gasteiger partial charge in [0.25, 0.3) is 5.91 Å². The lowest BCUT2D eigenvalue weighted by Gasteiger charge is -2.30. The maximum absolute atomic E-state index is 12.4. The zero-order valence-electron chi connectivity index (χ0n) is 11.9. The second-order valence-electron chi connectivity index (χ2n) is 6.32. The summed E-state index contributed by atoms with van der Waals surface area (Å²) < 4.78 is 0. The molecule has 0 N–H and O–H groups in total. The second-order valence-corrected chi connectivity index (χ2v) is 6.94. The average Bonchev–Trinajstić information content (AvgIpc) is 2.37. The van der Waals surface area contributed by atoms with Gasteiger partial charge in [0.2, 0.25) is 0 Å². The van der Waals surface area contributed by atoms with Crippen LogP contribution in [0.5, 0.6) is 0 Å². The fraction of sp³-hybridized carbons (Fsp3) is 0.562. The number of piperidine rings is 1. The minimum Gasteiger partial charge on any atom is -0.337 e. The number of amides is 1. The Morgan fingerprint density at radius 3 is 2.42 bits per heavy atom. The quantitative estimate of drug-likeness (QED) is 0.716. The Balaban J connectivity index is 2.11. The summed E-state index contributed by atoms with van der Waals surface area (Å²) in [5.41, 5.74) is 2.13. The molecular formula is C16H22ClNO. The van der Waals surface area contributed by atoms with Crippen molar-refractivity contribution in [2.45, 2.75) is 44.4 Å². The van der Waals surface area contributed by atoms with E-state index in [9.17, 15) is 4.79 Å². The first-order valence-electron chi connectivity index (χ1n) is 6.92. The number of nitrogens with zero attached hydrogens (tertiary/aromatic N) is 1. The molecule has 19 heavy (non-hydrogen) atoms. The molecule has 1 fully saturated rings. The van der Waals surface area contributed by atoms with Gasteiger partial charge in [-0.2, -0.15) is 0 Å². The van der Waals surface area contributed by atoms with Crippen LogP contribution in [0.1, 0.15) is 49.5 Å². The van der Waals surface area contributed by atoms with Crippen LogP contribution in [0.4, 0.5) is 0 Å². The van der Waals surface area contributed by atoms with E-state index in [1.54, 1.807) is 0 Å². The number of carbonyl (C=O) groups is 1. The summed E-state index contributed by atoms with van der Waals surface area (Å²) in [7, 11) is 0. The van der Waals surface area contributed by atoms with Crippen molar-refractivity contribution in [2.75, 3.05) is 13.1 Å². The van der Waals surface area contributed by atoms with Crippen molar-refractivity contribution in [1.29, 1.82) is 0 Å². The topological polar surface area (TPSA) is 20.3 Å². The Labute approximate surface area is 120 Å². The maximum atomic E-state index is 12.4. The molecule has 1 aliphatic rings. The second kappa shape index (κ2) is 5.54. The highest BCUT2D eigenvalue weighted by molar-refractivity contribution is 6.21. The normalized spacial score (nSPS) is 20.4. The maximum Gasteiger partial charge on any atom is 0.253 e. The van der Waals surface area contributed by atoms with E-state index < -0.39 is 0 Å². The minimum atomic E-state index is 0.103. The largest absolute Gasteiger partial charge is 0.337 e. The van der Waals surface area contributed by atoms with Gasteiger partial charge in [-0.1, -0.05) is 32.9 Å². The number of hydrogen-bond acceptors (Lipinski definition) is 1. The summed E-state index contributed by atoms with van der Waals surface area (Å²) in [6.45, 7) is 8.01. The number of benzene rings is 1. The first-order valence-corrected chi connectivity index (χ1v) is 7.35. The molecule has 0 aliphatic carbocycles. The SMILES string of the molecule is CC(C)(C)c1ccc(C(=O)N2CCCC(Cl)C2)cc1. The fourth-order valence-electron chi connectivity index (χ4n) is 2.41. The molecule has 1 aromatic carbocycles. The third-order valence-electron chi connectivity index (χ3n) is 3.65. The first-order chi connectivity index (χ1) is 8.88. The zero-order chi connectivity index (χ0) is 14.0. The molecule has 0 bridgehead atoms. The molecule has 0 spiro atoms. The van der Waals surface area contributed by atoms with Crippen molar-refractivity contribution in [2.24, 2.45) is 0 Å². The Morgan fingerprint density at radius 1 is 1.26 bits per heavy atom. The number of rotatable bonds is 1. The summed E-state index contributed by atoms with van der Waals surface area (Å²) in [5, 5.41) is 0.103. The number of likely N-dealkylation sites (tertiary alicyclic amines) is 1. The summed E-state index contributed by atoms with van der Waals surface area (Å²) in [6, 6.07) is 7.96. The van der Waals surface area contributed by atoms with Crippen LogP contribution in [-0.2, 0) is 5.41 Å². The predicted octanol–water partition coefficient (Wildman–Crippen LogP) is 3.83. The van der Waals surface area contributed by atoms with E-state index in [4.69, 9.17) is 11.6 Å². The van der Waals surface area contributed by atoms with Crippen LogP contribution >= 0.6 is 11.6 Å². The molecule has 104 valence electrons. The van der Waals surface area contributed by atoms with Crippen molar-refractivity contribution < 1.29 is 4.79 Å². The van der Waals surface area contributed by atoms with Gasteiger partial charge >= 0.3 is 0 Å². The average molecular weight is 280 g/mol. The van der Waals surface area contributed by atoms with Crippen molar-refractivity contribution >= 4 is 17.5 Å². The summed E-state index contributed by atoms with van der Waals surface area (Å²) >= 11 is 6.13. The van der Waals surface area contributed by atoms with Crippen LogP contribution in [0.2, 0.25) is 0 Å². The number of hydrogen-bond donors (Lipinski definition) is 0. The van der Waals surface area contributed by atoms with Crippen molar-refractivity contribution in [3.05, 3.63) is 35.4 Å². The highest BCUT2D eigenvalue weighted by Gasteiger charge is 2.23. The smallest absolute Gasteiger partial charge is 0.253 e. The molecule has 1 heterocycles. The highest BCUT2D eigenvalue weighted by atomic mass is 35.5. The molecule has 1 unspecified atom stereocenters. The lowest BCUT2D eigenvalue weighted by Crippen LogP contribution is -2.40. The number of carbonyl (C=O) groups excluding carboxylic acids is 1. The van der Waals surface area contributed by atoms with Crippen LogP contribution in [0.3, 0.4) is 0 Å². The van der Waals surface area contributed by atoms with Gasteiger partial charge in [0.05, 0.1) is 5.38 Å². The zero-order valence-corrected chi connectivity index (χ0v) is 12.7. The molecule has 2 rings (SSSR count). The molecule has 1 amide bonds.